The van der Waals surface area contributed by atoms with Crippen molar-refractivity contribution in [3.05, 3.63) is 0 Å². The van der Waals surface area contributed by atoms with Crippen LogP contribution in [0.25, 0.3) is 0 Å². The molecule has 0 aromatic rings. The lowest BCUT2D eigenvalue weighted by atomic mass is 9.89. The lowest BCUT2D eigenvalue weighted by Crippen LogP contribution is -2.41. The van der Waals surface area contributed by atoms with Crippen LogP contribution >= 0.6 is 0 Å². The maximum absolute atomic E-state index is 9.01. The average molecular weight is 265 g/mol. The van der Waals surface area contributed by atoms with Crippen LogP contribution in [0.5, 0.6) is 0 Å². The first-order valence-electron chi connectivity index (χ1n) is 7.83. The van der Waals surface area contributed by atoms with E-state index in [2.05, 4.69) is 30.1 Å². The third-order valence-electron chi connectivity index (χ3n) is 4.15. The molecule has 3 nitrogen and oxygen atoms in total. The quantitative estimate of drug-likeness (QED) is 0.685. The summed E-state index contributed by atoms with van der Waals surface area (Å²) in [5, 5.41) is 12.6. The van der Waals surface area contributed by atoms with Crippen molar-refractivity contribution in [1.29, 1.82) is 5.26 Å². The molecule has 1 unspecified atom stereocenters. The largest absolute Gasteiger partial charge is 0.313 e. The van der Waals surface area contributed by atoms with E-state index in [1.165, 1.54) is 32.4 Å². The minimum absolute atomic E-state index is 0.157. The molecule has 1 rings (SSSR count). The highest BCUT2D eigenvalue weighted by atomic mass is 15.2. The SMILES string of the molecule is CC(C)N(CCCCC(C)(C)C#N)CC1CCCN1. The molecule has 0 aromatic heterocycles. The lowest BCUT2D eigenvalue weighted by Gasteiger charge is -2.29. The summed E-state index contributed by atoms with van der Waals surface area (Å²) in [4.78, 5) is 2.59. The highest BCUT2D eigenvalue weighted by Crippen LogP contribution is 2.22. The first-order valence-corrected chi connectivity index (χ1v) is 7.83. The number of nitrogens with one attached hydrogen (secondary N) is 1. The Bertz CT molecular complexity index is 285. The van der Waals surface area contributed by atoms with E-state index in [1.54, 1.807) is 0 Å². The summed E-state index contributed by atoms with van der Waals surface area (Å²) in [7, 11) is 0. The predicted octanol–water partition coefficient (Wildman–Crippen LogP) is 3.17. The van der Waals surface area contributed by atoms with E-state index in [1.807, 2.05) is 13.8 Å². The van der Waals surface area contributed by atoms with Gasteiger partial charge in [0.2, 0.25) is 0 Å². The van der Waals surface area contributed by atoms with Crippen molar-refractivity contribution in [3.63, 3.8) is 0 Å². The van der Waals surface area contributed by atoms with Gasteiger partial charge in [0.15, 0.2) is 0 Å². The van der Waals surface area contributed by atoms with Crippen LogP contribution in [0.2, 0.25) is 0 Å². The molecule has 0 aromatic carbocycles. The van der Waals surface area contributed by atoms with E-state index < -0.39 is 0 Å². The van der Waals surface area contributed by atoms with Gasteiger partial charge in [0, 0.05) is 18.6 Å². The van der Waals surface area contributed by atoms with E-state index in [4.69, 9.17) is 5.26 Å². The highest BCUT2D eigenvalue weighted by molar-refractivity contribution is 4.91. The van der Waals surface area contributed by atoms with Gasteiger partial charge < -0.3 is 5.32 Å². The van der Waals surface area contributed by atoms with Crippen molar-refractivity contribution in [2.24, 2.45) is 5.41 Å². The Kier molecular flexibility index (Phi) is 6.82. The van der Waals surface area contributed by atoms with Crippen LogP contribution < -0.4 is 5.32 Å². The van der Waals surface area contributed by atoms with Crippen LogP contribution in [0.1, 0.15) is 59.8 Å². The van der Waals surface area contributed by atoms with Gasteiger partial charge >= 0.3 is 0 Å². The van der Waals surface area contributed by atoms with Gasteiger partial charge in [0.25, 0.3) is 0 Å². The number of unbranched alkanes of at least 4 members (excludes halogenated alkanes) is 1. The van der Waals surface area contributed by atoms with Crippen molar-refractivity contribution in [2.45, 2.75) is 71.9 Å². The van der Waals surface area contributed by atoms with E-state index in [0.29, 0.717) is 12.1 Å². The Hall–Kier alpha value is -0.590. The molecule has 0 aliphatic carbocycles. The maximum atomic E-state index is 9.01. The molecule has 0 saturated carbocycles. The van der Waals surface area contributed by atoms with Gasteiger partial charge in [-0.3, -0.25) is 4.90 Å². The van der Waals surface area contributed by atoms with Crippen LogP contribution in [-0.4, -0.2) is 36.6 Å². The minimum atomic E-state index is -0.157. The summed E-state index contributed by atoms with van der Waals surface area (Å²) in [6, 6.07) is 3.70. The van der Waals surface area contributed by atoms with Crippen molar-refractivity contribution >= 4 is 0 Å². The molecule has 1 aliphatic rings. The average Bonchev–Trinajstić information content (AvgIpc) is 2.85. The molecule has 19 heavy (non-hydrogen) atoms. The summed E-state index contributed by atoms with van der Waals surface area (Å²) in [5.41, 5.74) is -0.157. The normalized spacial score (nSPS) is 20.2. The first-order chi connectivity index (χ1) is 8.94. The molecule has 1 heterocycles. The first kappa shape index (κ1) is 16.5. The molecule has 1 atom stereocenters. The second-order valence-electron chi connectivity index (χ2n) is 6.83. The summed E-state index contributed by atoms with van der Waals surface area (Å²) in [5.74, 6) is 0. The van der Waals surface area contributed by atoms with E-state index >= 15 is 0 Å². The monoisotopic (exact) mass is 265 g/mol. The molecule has 1 fully saturated rings. The molecule has 0 bridgehead atoms. The molecule has 0 radical (unpaired) electrons. The van der Waals surface area contributed by atoms with Crippen LogP contribution in [0.4, 0.5) is 0 Å². The van der Waals surface area contributed by atoms with Gasteiger partial charge in [0.05, 0.1) is 11.5 Å². The highest BCUT2D eigenvalue weighted by Gasteiger charge is 2.20. The third kappa shape index (κ3) is 6.40. The van der Waals surface area contributed by atoms with E-state index in [9.17, 15) is 0 Å². The Morgan fingerprint density at radius 2 is 2.11 bits per heavy atom. The topological polar surface area (TPSA) is 39.1 Å². The van der Waals surface area contributed by atoms with Gasteiger partial charge in [-0.25, -0.2) is 0 Å². The maximum Gasteiger partial charge on any atom is 0.0683 e. The minimum Gasteiger partial charge on any atom is -0.313 e. The molecule has 3 heteroatoms. The second kappa shape index (κ2) is 7.87. The molecule has 0 spiro atoms. The lowest BCUT2D eigenvalue weighted by molar-refractivity contribution is 0.196. The fourth-order valence-electron chi connectivity index (χ4n) is 2.69. The van der Waals surface area contributed by atoms with E-state index in [-0.39, 0.29) is 5.41 Å². The van der Waals surface area contributed by atoms with Gasteiger partial charge in [0.1, 0.15) is 0 Å². The third-order valence-corrected chi connectivity index (χ3v) is 4.15. The molecule has 1 saturated heterocycles. The van der Waals surface area contributed by atoms with Crippen molar-refractivity contribution in [2.75, 3.05) is 19.6 Å². The Morgan fingerprint density at radius 3 is 2.63 bits per heavy atom. The fourth-order valence-corrected chi connectivity index (χ4v) is 2.69. The smallest absolute Gasteiger partial charge is 0.0683 e. The number of hydrogen-bond donors (Lipinski definition) is 1. The fraction of sp³-hybridized carbons (Fsp3) is 0.938. The predicted molar refractivity (Wildman–Crippen MR) is 81.0 cm³/mol. The van der Waals surface area contributed by atoms with Crippen LogP contribution in [0, 0.1) is 16.7 Å². The number of nitriles is 1. The summed E-state index contributed by atoms with van der Waals surface area (Å²) >= 11 is 0. The molecular weight excluding hydrogens is 234 g/mol. The van der Waals surface area contributed by atoms with Gasteiger partial charge in [-0.2, -0.15) is 5.26 Å². The van der Waals surface area contributed by atoms with E-state index in [0.717, 1.165) is 19.4 Å². The molecule has 1 aliphatic heterocycles. The van der Waals surface area contributed by atoms with Crippen LogP contribution in [-0.2, 0) is 0 Å². The van der Waals surface area contributed by atoms with Gasteiger partial charge in [-0.05, 0) is 66.5 Å². The number of rotatable bonds is 8. The standard InChI is InChI=1S/C16H31N3/c1-14(2)19(12-15-8-7-10-18-15)11-6-5-9-16(3,4)13-17/h14-15,18H,5-12H2,1-4H3. The zero-order valence-electron chi connectivity index (χ0n) is 13.2. The van der Waals surface area contributed by atoms with Crippen molar-refractivity contribution in [3.8, 4) is 6.07 Å². The van der Waals surface area contributed by atoms with Crippen LogP contribution in [0.3, 0.4) is 0 Å². The number of hydrogen-bond acceptors (Lipinski definition) is 3. The molecular formula is C16H31N3. The Morgan fingerprint density at radius 1 is 1.37 bits per heavy atom. The van der Waals surface area contributed by atoms with Gasteiger partial charge in [-0.15, -0.1) is 0 Å². The number of nitrogens with zero attached hydrogens (tertiary/aromatic N) is 2. The molecule has 110 valence electrons. The Labute approximate surface area is 119 Å². The molecule has 0 amide bonds. The second-order valence-corrected chi connectivity index (χ2v) is 6.83. The molecule has 1 N–H and O–H groups in total. The summed E-state index contributed by atoms with van der Waals surface area (Å²) < 4.78 is 0. The Balaban J connectivity index is 2.24. The van der Waals surface area contributed by atoms with Gasteiger partial charge in [-0.1, -0.05) is 6.42 Å². The zero-order valence-corrected chi connectivity index (χ0v) is 13.2. The van der Waals surface area contributed by atoms with Crippen LogP contribution in [0.15, 0.2) is 0 Å². The summed E-state index contributed by atoms with van der Waals surface area (Å²) in [6.45, 7) is 12.2. The van der Waals surface area contributed by atoms with Crippen molar-refractivity contribution in [1.82, 2.24) is 10.2 Å². The summed E-state index contributed by atoms with van der Waals surface area (Å²) in [6.07, 6.45) is 6.02. The zero-order chi connectivity index (χ0) is 14.3. The van der Waals surface area contributed by atoms with Crippen molar-refractivity contribution < 1.29 is 0 Å².